The van der Waals surface area contributed by atoms with Gasteiger partial charge in [0.05, 0.1) is 0 Å². The summed E-state index contributed by atoms with van der Waals surface area (Å²) in [5.41, 5.74) is 0. The molecule has 12 heavy (non-hydrogen) atoms. The molecule has 3 nitrogen and oxygen atoms in total. The minimum absolute atomic E-state index is 0.995. The van der Waals surface area contributed by atoms with Gasteiger partial charge in [0.15, 0.2) is 0 Å². The van der Waals surface area contributed by atoms with Crippen molar-refractivity contribution in [3.8, 4) is 0 Å². The molecule has 0 saturated carbocycles. The number of rotatable bonds is 2. The van der Waals surface area contributed by atoms with Crippen LogP contribution in [0.15, 0.2) is 30.3 Å². The van der Waals surface area contributed by atoms with Crippen molar-refractivity contribution in [3.63, 3.8) is 0 Å². The van der Waals surface area contributed by atoms with Crippen molar-refractivity contribution in [2.45, 2.75) is 0 Å². The van der Waals surface area contributed by atoms with E-state index in [0.717, 1.165) is 4.16 Å². The van der Waals surface area contributed by atoms with E-state index in [9.17, 15) is 4.79 Å². The summed E-state index contributed by atoms with van der Waals surface area (Å²) in [7, 11) is 5.10. The van der Waals surface area contributed by atoms with Crippen LogP contribution in [0, 0.1) is 0 Å². The molecular formula is C7H7NO2SZn. The number of carboxylic acid groups (broad SMARTS) is 1. The van der Waals surface area contributed by atoms with Gasteiger partial charge < -0.3 is 0 Å². The zero-order chi connectivity index (χ0) is 8.97. The number of benzene rings is 1. The molecular weight excluding hydrogens is 228 g/mol. The Morgan fingerprint density at radius 2 is 2.00 bits per heavy atom. The first-order valence-electron chi connectivity index (χ1n) is 3.58. The first kappa shape index (κ1) is 9.42. The fourth-order valence-corrected chi connectivity index (χ4v) is 5.05. The van der Waals surface area contributed by atoms with Crippen molar-refractivity contribution < 1.29 is 24.3 Å². The molecule has 0 fully saturated rings. The summed E-state index contributed by atoms with van der Waals surface area (Å²) >= 11 is -2.54. The van der Waals surface area contributed by atoms with Gasteiger partial charge in [-0.2, -0.15) is 0 Å². The molecule has 0 bridgehead atoms. The maximum atomic E-state index is 10.3. The number of hydrogen-bond donors (Lipinski definition) is 2. The van der Waals surface area contributed by atoms with Crippen LogP contribution in [0.25, 0.3) is 0 Å². The average molecular weight is 235 g/mol. The third-order valence-electron chi connectivity index (χ3n) is 1.53. The van der Waals surface area contributed by atoms with E-state index in [1.165, 1.54) is 0 Å². The zero-order valence-electron chi connectivity index (χ0n) is 6.36. The van der Waals surface area contributed by atoms with E-state index < -0.39 is 20.5 Å². The molecule has 0 spiro atoms. The zero-order valence-corrected chi connectivity index (χ0v) is 10.1. The van der Waals surface area contributed by atoms with Gasteiger partial charge in [-0.1, -0.05) is 0 Å². The summed E-state index contributed by atoms with van der Waals surface area (Å²) in [6, 6.07) is 9.38. The molecule has 0 aromatic heterocycles. The third kappa shape index (κ3) is 2.76. The Hall–Kier alpha value is -0.667. The fraction of sp³-hybridized carbons (Fsp3) is 0. The van der Waals surface area contributed by atoms with Crippen LogP contribution in [0.5, 0.6) is 0 Å². The molecule has 1 aromatic rings. The molecule has 0 atom stereocenters. The Morgan fingerprint density at radius 1 is 1.42 bits per heavy atom. The predicted molar refractivity (Wildman–Crippen MR) is 44.8 cm³/mol. The molecule has 1 aromatic carbocycles. The van der Waals surface area contributed by atoms with E-state index in [2.05, 4.69) is 4.06 Å². The molecule has 0 aliphatic carbocycles. The monoisotopic (exact) mass is 233 g/mol. The Bertz CT molecular complexity index is 302. The second-order valence-electron chi connectivity index (χ2n) is 2.43. The number of nitrogens with one attached hydrogen (secondary N) is 1. The van der Waals surface area contributed by atoms with Crippen LogP contribution in [-0.4, -0.2) is 11.2 Å². The van der Waals surface area contributed by atoms with Gasteiger partial charge in [0.25, 0.3) is 0 Å². The second-order valence-corrected chi connectivity index (χ2v) is 9.84. The number of carbonyl (C=O) groups is 1. The van der Waals surface area contributed by atoms with Crippen LogP contribution in [0.2, 0.25) is 0 Å². The van der Waals surface area contributed by atoms with E-state index >= 15 is 0 Å². The van der Waals surface area contributed by atoms with E-state index in [1.807, 2.05) is 30.3 Å². The van der Waals surface area contributed by atoms with Gasteiger partial charge in [-0.3, -0.25) is 0 Å². The minimum atomic E-state index is -2.54. The predicted octanol–water partition coefficient (Wildman–Crippen LogP) is 1.23. The van der Waals surface area contributed by atoms with Gasteiger partial charge in [0, 0.05) is 0 Å². The topological polar surface area (TPSA) is 49.3 Å². The maximum absolute atomic E-state index is 10.3. The molecule has 1 rings (SSSR count). The Kier molecular flexibility index (Phi) is 3.44. The second kappa shape index (κ2) is 4.38. The van der Waals surface area contributed by atoms with Crippen LogP contribution in [0.3, 0.4) is 0 Å². The summed E-state index contributed by atoms with van der Waals surface area (Å²) < 4.78 is 3.39. The van der Waals surface area contributed by atoms with Crippen LogP contribution >= 0.6 is 10.1 Å². The van der Waals surface area contributed by atoms with Gasteiger partial charge in [0.1, 0.15) is 0 Å². The molecule has 5 heteroatoms. The van der Waals surface area contributed by atoms with Gasteiger partial charge >= 0.3 is 79.1 Å². The van der Waals surface area contributed by atoms with E-state index in [0.29, 0.717) is 0 Å². The average Bonchev–Trinajstić information content (AvgIpc) is 2.05. The van der Waals surface area contributed by atoms with Crippen LogP contribution < -0.4 is 8.22 Å². The summed E-state index contributed by atoms with van der Waals surface area (Å²) in [6.45, 7) is 0. The van der Waals surface area contributed by atoms with Crippen molar-refractivity contribution in [3.05, 3.63) is 30.3 Å². The van der Waals surface area contributed by atoms with Gasteiger partial charge in [-0.25, -0.2) is 0 Å². The van der Waals surface area contributed by atoms with Gasteiger partial charge in [-0.05, 0) is 0 Å². The van der Waals surface area contributed by atoms with E-state index in [1.54, 1.807) is 0 Å². The molecule has 0 radical (unpaired) electrons. The van der Waals surface area contributed by atoms with Crippen molar-refractivity contribution in [1.29, 1.82) is 0 Å². The Morgan fingerprint density at radius 3 is 2.50 bits per heavy atom. The molecule has 2 N–H and O–H groups in total. The van der Waals surface area contributed by atoms with E-state index in [-0.39, 0.29) is 0 Å². The van der Waals surface area contributed by atoms with Crippen LogP contribution in [0.4, 0.5) is 4.79 Å². The van der Waals surface area contributed by atoms with Crippen molar-refractivity contribution in [2.24, 2.45) is 0 Å². The number of amides is 1. The molecule has 0 aliphatic rings. The molecule has 0 unspecified atom stereocenters. The quantitative estimate of drug-likeness (QED) is 0.757. The standard InChI is InChI=1S/C6H5.CH2NO2.S.Zn/c1-2-4-6-5-3-1;2-1(3)4;;/h1-5H;2H,(H,3,4);;/q;-1;;+1. The van der Waals surface area contributed by atoms with Crippen molar-refractivity contribution >= 4 is 20.4 Å². The van der Waals surface area contributed by atoms with E-state index in [4.69, 9.17) is 15.2 Å². The molecule has 60 valence electrons. The fourth-order valence-electron chi connectivity index (χ4n) is 0.931. The van der Waals surface area contributed by atoms with Gasteiger partial charge in [0.2, 0.25) is 0 Å². The molecule has 0 saturated heterocycles. The summed E-state index contributed by atoms with van der Waals surface area (Å²) in [5, 5.41) is 8.42. The first-order valence-corrected chi connectivity index (χ1v) is 10.8. The summed E-state index contributed by atoms with van der Waals surface area (Å²) in [6.07, 6.45) is -1.01. The summed E-state index contributed by atoms with van der Waals surface area (Å²) in [4.78, 5) is 10.3. The Labute approximate surface area is 79.2 Å². The molecule has 0 heterocycles. The van der Waals surface area contributed by atoms with Crippen molar-refractivity contribution in [2.75, 3.05) is 0 Å². The third-order valence-corrected chi connectivity index (χ3v) is 7.86. The van der Waals surface area contributed by atoms with Crippen molar-refractivity contribution in [1.82, 2.24) is 4.06 Å². The first-order chi connectivity index (χ1) is 5.70. The normalized spacial score (nSPS) is 8.25. The van der Waals surface area contributed by atoms with Crippen LogP contribution in [-0.2, 0) is 14.4 Å². The molecule has 0 aliphatic heterocycles. The SMILES string of the molecule is O=C(O)[NH][Zn](=[S])[c]1ccccc1. The Balaban J connectivity index is 2.73. The van der Waals surface area contributed by atoms with Crippen LogP contribution in [0.1, 0.15) is 0 Å². The van der Waals surface area contributed by atoms with Gasteiger partial charge in [-0.15, -0.1) is 0 Å². The number of hydrogen-bond acceptors (Lipinski definition) is 2. The molecule has 1 amide bonds. The summed E-state index contributed by atoms with van der Waals surface area (Å²) in [5.74, 6) is 0.